The minimum atomic E-state index is -1.20. The number of ether oxygens (including phenoxy) is 1. The largest absolute Gasteiger partial charge is 0.496 e. The first-order valence-electron chi connectivity index (χ1n) is 6.42. The van der Waals surface area contributed by atoms with Crippen LogP contribution in [0.5, 0.6) is 5.75 Å². The summed E-state index contributed by atoms with van der Waals surface area (Å²) < 4.78 is 10.4. The van der Waals surface area contributed by atoms with Crippen LogP contribution < -0.4 is 10.4 Å². The Morgan fingerprint density at radius 3 is 2.40 bits per heavy atom. The zero-order chi connectivity index (χ0) is 14.9. The number of benzene rings is 1. The number of aliphatic hydroxyl groups excluding tert-OH is 2. The van der Waals surface area contributed by atoms with Gasteiger partial charge in [0, 0.05) is 11.5 Å². The Kier molecular flexibility index (Phi) is 4.11. The van der Waals surface area contributed by atoms with Gasteiger partial charge in [-0.25, -0.2) is 4.79 Å². The molecule has 2 aromatic rings. The lowest BCUT2D eigenvalue weighted by Gasteiger charge is -2.23. The zero-order valence-electron chi connectivity index (χ0n) is 11.7. The molecule has 0 aliphatic rings. The molecule has 0 amide bonds. The fourth-order valence-corrected chi connectivity index (χ4v) is 2.13. The van der Waals surface area contributed by atoms with Gasteiger partial charge in [-0.2, -0.15) is 0 Å². The van der Waals surface area contributed by atoms with E-state index >= 15 is 0 Å². The van der Waals surface area contributed by atoms with Gasteiger partial charge in [-0.05, 0) is 24.1 Å². The molecule has 0 bridgehead atoms. The predicted molar refractivity (Wildman–Crippen MR) is 74.8 cm³/mol. The maximum absolute atomic E-state index is 11.4. The van der Waals surface area contributed by atoms with E-state index in [0.29, 0.717) is 16.7 Å². The Balaban J connectivity index is 2.70. The summed E-state index contributed by atoms with van der Waals surface area (Å²) in [6.45, 7) is 3.59. The summed E-state index contributed by atoms with van der Waals surface area (Å²) in [6.07, 6.45) is -2.18. The highest BCUT2D eigenvalue weighted by Crippen LogP contribution is 2.35. The number of hydrogen-bond acceptors (Lipinski definition) is 5. The second-order valence-electron chi connectivity index (χ2n) is 5.03. The first-order chi connectivity index (χ1) is 9.45. The van der Waals surface area contributed by atoms with Crippen LogP contribution in [0.25, 0.3) is 11.0 Å². The van der Waals surface area contributed by atoms with Crippen molar-refractivity contribution in [1.29, 1.82) is 0 Å². The molecule has 0 aliphatic heterocycles. The second kappa shape index (κ2) is 5.64. The second-order valence-corrected chi connectivity index (χ2v) is 5.03. The highest BCUT2D eigenvalue weighted by atomic mass is 16.5. The molecule has 0 unspecified atom stereocenters. The quantitative estimate of drug-likeness (QED) is 0.834. The molecule has 0 fully saturated rings. The van der Waals surface area contributed by atoms with Gasteiger partial charge in [-0.15, -0.1) is 0 Å². The standard InChI is InChI=1S/C15H18O5/c1-8(2)13(17)14(18)12-10(19-3)6-4-9-5-7-11(16)20-15(9)12/h4-8,13-14,17-18H,1-3H3/t13-,14+/m1/s1. The number of fused-ring (bicyclic) bond motifs is 1. The molecule has 0 radical (unpaired) electrons. The maximum atomic E-state index is 11.4. The van der Waals surface area contributed by atoms with E-state index in [-0.39, 0.29) is 11.5 Å². The summed E-state index contributed by atoms with van der Waals surface area (Å²) in [4.78, 5) is 11.4. The average molecular weight is 278 g/mol. The van der Waals surface area contributed by atoms with Gasteiger partial charge >= 0.3 is 5.63 Å². The topological polar surface area (TPSA) is 79.9 Å². The Morgan fingerprint density at radius 1 is 1.15 bits per heavy atom. The molecule has 0 saturated heterocycles. The van der Waals surface area contributed by atoms with Crippen LogP contribution in [-0.2, 0) is 0 Å². The molecule has 108 valence electrons. The summed E-state index contributed by atoms with van der Waals surface area (Å²) >= 11 is 0. The molecule has 1 aromatic carbocycles. The molecule has 5 nitrogen and oxygen atoms in total. The fourth-order valence-electron chi connectivity index (χ4n) is 2.13. The monoisotopic (exact) mass is 278 g/mol. The van der Waals surface area contributed by atoms with Crippen molar-refractivity contribution in [3.8, 4) is 5.75 Å². The fraction of sp³-hybridized carbons (Fsp3) is 0.400. The van der Waals surface area contributed by atoms with Crippen molar-refractivity contribution in [3.63, 3.8) is 0 Å². The molecule has 1 aromatic heterocycles. The van der Waals surface area contributed by atoms with Crippen LogP contribution in [0.3, 0.4) is 0 Å². The van der Waals surface area contributed by atoms with E-state index in [4.69, 9.17) is 9.15 Å². The maximum Gasteiger partial charge on any atom is 0.336 e. The third-order valence-corrected chi connectivity index (χ3v) is 3.31. The Bertz CT molecular complexity index is 659. The lowest BCUT2D eigenvalue weighted by molar-refractivity contribution is -0.0102. The molecule has 5 heteroatoms. The Labute approximate surface area is 116 Å². The van der Waals surface area contributed by atoms with Crippen molar-refractivity contribution in [1.82, 2.24) is 0 Å². The van der Waals surface area contributed by atoms with E-state index in [1.807, 2.05) is 0 Å². The average Bonchev–Trinajstić information content (AvgIpc) is 2.44. The van der Waals surface area contributed by atoms with Crippen LogP contribution in [0.4, 0.5) is 0 Å². The predicted octanol–water partition coefficient (Wildman–Crippen LogP) is 1.85. The third kappa shape index (κ3) is 2.55. The van der Waals surface area contributed by atoms with Crippen LogP contribution in [-0.4, -0.2) is 23.4 Å². The van der Waals surface area contributed by atoms with Gasteiger partial charge in [-0.3, -0.25) is 0 Å². The summed E-state index contributed by atoms with van der Waals surface area (Å²) in [7, 11) is 1.46. The highest BCUT2D eigenvalue weighted by Gasteiger charge is 2.27. The molecule has 1 heterocycles. The van der Waals surface area contributed by atoms with E-state index < -0.39 is 17.8 Å². The number of aliphatic hydroxyl groups is 2. The first-order valence-corrected chi connectivity index (χ1v) is 6.42. The van der Waals surface area contributed by atoms with Crippen molar-refractivity contribution in [3.05, 3.63) is 40.2 Å². The third-order valence-electron chi connectivity index (χ3n) is 3.31. The van der Waals surface area contributed by atoms with Gasteiger partial charge in [0.2, 0.25) is 0 Å². The molecule has 2 atom stereocenters. The van der Waals surface area contributed by atoms with E-state index in [9.17, 15) is 15.0 Å². The van der Waals surface area contributed by atoms with Gasteiger partial charge < -0.3 is 19.4 Å². The van der Waals surface area contributed by atoms with Crippen molar-refractivity contribution in [2.45, 2.75) is 26.1 Å². The molecule has 0 aliphatic carbocycles. The number of hydrogen-bond donors (Lipinski definition) is 2. The summed E-state index contributed by atoms with van der Waals surface area (Å²) in [6, 6.07) is 6.32. The highest BCUT2D eigenvalue weighted by molar-refractivity contribution is 5.82. The summed E-state index contributed by atoms with van der Waals surface area (Å²) in [5, 5.41) is 21.1. The van der Waals surface area contributed by atoms with E-state index in [0.717, 1.165) is 0 Å². The zero-order valence-corrected chi connectivity index (χ0v) is 11.7. The van der Waals surface area contributed by atoms with Gasteiger partial charge in [0.25, 0.3) is 0 Å². The van der Waals surface area contributed by atoms with E-state index in [1.165, 1.54) is 13.2 Å². The van der Waals surface area contributed by atoms with Crippen molar-refractivity contribution in [2.75, 3.05) is 7.11 Å². The van der Waals surface area contributed by atoms with Crippen LogP contribution in [0, 0.1) is 5.92 Å². The molecular formula is C15H18O5. The molecule has 0 spiro atoms. The smallest absolute Gasteiger partial charge is 0.336 e. The molecule has 0 saturated carbocycles. The van der Waals surface area contributed by atoms with Gasteiger partial charge in [0.15, 0.2) is 0 Å². The van der Waals surface area contributed by atoms with Gasteiger partial charge in [0.1, 0.15) is 17.4 Å². The first kappa shape index (κ1) is 14.6. The van der Waals surface area contributed by atoms with Crippen molar-refractivity contribution >= 4 is 11.0 Å². The minimum Gasteiger partial charge on any atom is -0.496 e. The Hall–Kier alpha value is -1.85. The lowest BCUT2D eigenvalue weighted by atomic mass is 9.94. The molecule has 2 N–H and O–H groups in total. The van der Waals surface area contributed by atoms with Crippen LogP contribution >= 0.6 is 0 Å². The van der Waals surface area contributed by atoms with E-state index in [1.54, 1.807) is 32.0 Å². The number of rotatable bonds is 4. The van der Waals surface area contributed by atoms with Crippen molar-refractivity contribution in [2.24, 2.45) is 5.92 Å². The van der Waals surface area contributed by atoms with Gasteiger partial charge in [0.05, 0.1) is 18.8 Å². The SMILES string of the molecule is COc1ccc2ccc(=O)oc2c1[C@H](O)[C@H](O)C(C)C. The lowest BCUT2D eigenvalue weighted by Crippen LogP contribution is -2.24. The van der Waals surface area contributed by atoms with Crippen LogP contribution in [0.1, 0.15) is 25.5 Å². The molecular weight excluding hydrogens is 260 g/mol. The molecule has 20 heavy (non-hydrogen) atoms. The number of methoxy groups -OCH3 is 1. The summed E-state index contributed by atoms with van der Waals surface area (Å²) in [5.41, 5.74) is 0.0196. The van der Waals surface area contributed by atoms with Crippen molar-refractivity contribution < 1.29 is 19.4 Å². The summed E-state index contributed by atoms with van der Waals surface area (Å²) in [5.74, 6) is 0.222. The molecule has 2 rings (SSSR count). The van der Waals surface area contributed by atoms with Crippen LogP contribution in [0.15, 0.2) is 33.5 Å². The minimum absolute atomic E-state index is 0.152. The normalized spacial score (nSPS) is 14.5. The van der Waals surface area contributed by atoms with E-state index in [2.05, 4.69) is 0 Å². The van der Waals surface area contributed by atoms with Gasteiger partial charge in [-0.1, -0.05) is 13.8 Å². The Morgan fingerprint density at radius 2 is 1.80 bits per heavy atom. The van der Waals surface area contributed by atoms with Crippen LogP contribution in [0.2, 0.25) is 0 Å².